The van der Waals surface area contributed by atoms with Crippen LogP contribution in [0, 0.1) is 0 Å². The zero-order valence-corrected chi connectivity index (χ0v) is 10.6. The predicted molar refractivity (Wildman–Crippen MR) is 65.9 cm³/mol. The molecule has 0 aromatic heterocycles. The number of benzene rings is 1. The summed E-state index contributed by atoms with van der Waals surface area (Å²) in [7, 11) is -3.25. The van der Waals surface area contributed by atoms with Gasteiger partial charge < -0.3 is 11.1 Å². The Morgan fingerprint density at radius 1 is 1.38 bits per heavy atom. The Kier molecular flexibility index (Phi) is 3.93. The van der Waals surface area contributed by atoms with E-state index in [1.54, 1.807) is 12.1 Å². The fourth-order valence-corrected chi connectivity index (χ4v) is 2.19. The van der Waals surface area contributed by atoms with Crippen molar-refractivity contribution < 1.29 is 8.42 Å². The van der Waals surface area contributed by atoms with Crippen LogP contribution in [-0.4, -0.2) is 20.7 Å². The van der Waals surface area contributed by atoms with Gasteiger partial charge in [0, 0.05) is 18.8 Å². The molecular formula is C11H18N2O2S. The maximum atomic E-state index is 11.4. The lowest BCUT2D eigenvalue weighted by Crippen LogP contribution is -2.22. The summed E-state index contributed by atoms with van der Waals surface area (Å²) >= 11 is 0. The van der Waals surface area contributed by atoms with Gasteiger partial charge in [-0.05, 0) is 17.7 Å². The highest BCUT2D eigenvalue weighted by molar-refractivity contribution is 7.90. The van der Waals surface area contributed by atoms with Crippen molar-refractivity contribution in [3.8, 4) is 0 Å². The smallest absolute Gasteiger partial charge is 0.177 e. The lowest BCUT2D eigenvalue weighted by atomic mass is 10.2. The van der Waals surface area contributed by atoms with Gasteiger partial charge in [-0.1, -0.05) is 19.9 Å². The van der Waals surface area contributed by atoms with Crippen LogP contribution in [0.25, 0.3) is 0 Å². The van der Waals surface area contributed by atoms with E-state index in [2.05, 4.69) is 5.32 Å². The number of hydrogen-bond acceptors (Lipinski definition) is 4. The van der Waals surface area contributed by atoms with E-state index in [1.807, 2.05) is 19.9 Å². The van der Waals surface area contributed by atoms with E-state index < -0.39 is 9.84 Å². The number of hydrogen-bond donors (Lipinski definition) is 2. The average molecular weight is 242 g/mol. The van der Waals surface area contributed by atoms with Crippen molar-refractivity contribution in [1.82, 2.24) is 5.32 Å². The molecule has 0 spiro atoms. The van der Waals surface area contributed by atoms with Gasteiger partial charge in [0.1, 0.15) is 0 Å². The molecule has 0 saturated carbocycles. The monoisotopic (exact) mass is 242 g/mol. The van der Waals surface area contributed by atoms with Crippen LogP contribution in [0.4, 0.5) is 5.69 Å². The zero-order chi connectivity index (χ0) is 12.3. The molecule has 0 bridgehead atoms. The standard InChI is InChI=1S/C11H18N2O2S/c1-8(2)13-7-9-4-5-10(12)11(6-9)16(3,14)15/h4-6,8,13H,7,12H2,1-3H3. The number of anilines is 1. The third kappa shape index (κ3) is 3.50. The van der Waals surface area contributed by atoms with Gasteiger partial charge in [-0.25, -0.2) is 8.42 Å². The van der Waals surface area contributed by atoms with Crippen LogP contribution in [0.3, 0.4) is 0 Å². The Morgan fingerprint density at radius 2 is 2.00 bits per heavy atom. The Bertz CT molecular complexity index is 467. The third-order valence-electron chi connectivity index (χ3n) is 2.19. The third-order valence-corrected chi connectivity index (χ3v) is 3.34. The van der Waals surface area contributed by atoms with Crippen molar-refractivity contribution in [2.45, 2.75) is 31.3 Å². The fraction of sp³-hybridized carbons (Fsp3) is 0.455. The first-order valence-corrected chi connectivity index (χ1v) is 7.01. The van der Waals surface area contributed by atoms with E-state index in [9.17, 15) is 8.42 Å². The summed E-state index contributed by atoms with van der Waals surface area (Å²) in [5, 5.41) is 3.22. The van der Waals surface area contributed by atoms with Crippen molar-refractivity contribution in [2.24, 2.45) is 0 Å². The van der Waals surface area contributed by atoms with E-state index in [0.29, 0.717) is 18.3 Å². The topological polar surface area (TPSA) is 72.2 Å². The SMILES string of the molecule is CC(C)NCc1ccc(N)c(S(C)(=O)=O)c1. The molecular weight excluding hydrogens is 224 g/mol. The summed E-state index contributed by atoms with van der Waals surface area (Å²) < 4.78 is 22.9. The molecule has 5 heteroatoms. The first-order valence-electron chi connectivity index (χ1n) is 5.12. The highest BCUT2D eigenvalue weighted by Crippen LogP contribution is 2.19. The summed E-state index contributed by atoms with van der Waals surface area (Å²) in [5.74, 6) is 0. The van der Waals surface area contributed by atoms with Gasteiger partial charge in [-0.3, -0.25) is 0 Å². The van der Waals surface area contributed by atoms with E-state index in [-0.39, 0.29) is 4.90 Å². The van der Waals surface area contributed by atoms with Crippen LogP contribution in [-0.2, 0) is 16.4 Å². The van der Waals surface area contributed by atoms with E-state index in [0.717, 1.165) is 5.56 Å². The second kappa shape index (κ2) is 4.84. The second-order valence-corrected chi connectivity index (χ2v) is 6.16. The molecule has 1 aromatic carbocycles. The molecule has 0 radical (unpaired) electrons. The lowest BCUT2D eigenvalue weighted by Gasteiger charge is -2.10. The van der Waals surface area contributed by atoms with Gasteiger partial charge in [0.05, 0.1) is 10.6 Å². The summed E-state index contributed by atoms with van der Waals surface area (Å²) in [6, 6.07) is 5.45. The maximum Gasteiger partial charge on any atom is 0.177 e. The molecule has 4 nitrogen and oxygen atoms in total. The summed E-state index contributed by atoms with van der Waals surface area (Å²) in [5.41, 5.74) is 6.85. The first-order chi connectivity index (χ1) is 7.30. The predicted octanol–water partition coefficient (Wildman–Crippen LogP) is 1.17. The maximum absolute atomic E-state index is 11.4. The van der Waals surface area contributed by atoms with Gasteiger partial charge in [0.2, 0.25) is 0 Å². The van der Waals surface area contributed by atoms with Gasteiger partial charge in [-0.15, -0.1) is 0 Å². The van der Waals surface area contributed by atoms with Crippen molar-refractivity contribution in [3.05, 3.63) is 23.8 Å². The molecule has 0 atom stereocenters. The van der Waals surface area contributed by atoms with E-state index in [1.165, 1.54) is 6.26 Å². The first kappa shape index (κ1) is 13.0. The van der Waals surface area contributed by atoms with Gasteiger partial charge in [-0.2, -0.15) is 0 Å². The Morgan fingerprint density at radius 3 is 2.50 bits per heavy atom. The van der Waals surface area contributed by atoms with Crippen molar-refractivity contribution in [1.29, 1.82) is 0 Å². The van der Waals surface area contributed by atoms with Gasteiger partial charge in [0.25, 0.3) is 0 Å². The lowest BCUT2D eigenvalue weighted by molar-refractivity contribution is 0.587. The second-order valence-electron chi connectivity index (χ2n) is 4.18. The summed E-state index contributed by atoms with van der Waals surface area (Å²) in [6.07, 6.45) is 1.17. The largest absolute Gasteiger partial charge is 0.398 e. The van der Waals surface area contributed by atoms with Crippen LogP contribution in [0.2, 0.25) is 0 Å². The Hall–Kier alpha value is -1.07. The minimum absolute atomic E-state index is 0.204. The summed E-state index contributed by atoms with van der Waals surface area (Å²) in [6.45, 7) is 4.71. The van der Waals surface area contributed by atoms with Crippen LogP contribution in [0.15, 0.2) is 23.1 Å². The molecule has 0 saturated heterocycles. The minimum Gasteiger partial charge on any atom is -0.398 e. The molecule has 0 aliphatic rings. The number of sulfone groups is 1. The molecule has 0 heterocycles. The molecule has 0 fully saturated rings. The molecule has 1 rings (SSSR count). The minimum atomic E-state index is -3.25. The molecule has 0 amide bonds. The Labute approximate surface area is 96.8 Å². The molecule has 3 N–H and O–H groups in total. The Balaban J connectivity index is 2.99. The fourth-order valence-electron chi connectivity index (χ4n) is 1.33. The van der Waals surface area contributed by atoms with Crippen molar-refractivity contribution in [3.63, 3.8) is 0 Å². The molecule has 0 unspecified atom stereocenters. The normalized spacial score (nSPS) is 12.0. The number of nitrogens with one attached hydrogen (secondary N) is 1. The molecule has 90 valence electrons. The average Bonchev–Trinajstić information content (AvgIpc) is 2.14. The zero-order valence-electron chi connectivity index (χ0n) is 9.82. The van der Waals surface area contributed by atoms with E-state index in [4.69, 9.17) is 5.73 Å². The number of nitrogens with two attached hydrogens (primary N) is 1. The van der Waals surface area contributed by atoms with Gasteiger partial charge >= 0.3 is 0 Å². The van der Waals surface area contributed by atoms with Crippen molar-refractivity contribution >= 4 is 15.5 Å². The van der Waals surface area contributed by atoms with Gasteiger partial charge in [0.15, 0.2) is 9.84 Å². The summed E-state index contributed by atoms with van der Waals surface area (Å²) in [4.78, 5) is 0.204. The number of nitrogen functional groups attached to an aromatic ring is 1. The van der Waals surface area contributed by atoms with Crippen LogP contribution in [0.1, 0.15) is 19.4 Å². The van der Waals surface area contributed by atoms with Crippen LogP contribution < -0.4 is 11.1 Å². The number of rotatable bonds is 4. The molecule has 1 aromatic rings. The quantitative estimate of drug-likeness (QED) is 0.777. The van der Waals surface area contributed by atoms with E-state index >= 15 is 0 Å². The molecule has 16 heavy (non-hydrogen) atoms. The molecule has 0 aliphatic carbocycles. The van der Waals surface area contributed by atoms with Crippen LogP contribution in [0.5, 0.6) is 0 Å². The highest BCUT2D eigenvalue weighted by atomic mass is 32.2. The molecule has 0 aliphatic heterocycles. The highest BCUT2D eigenvalue weighted by Gasteiger charge is 2.12. The van der Waals surface area contributed by atoms with Crippen LogP contribution >= 0.6 is 0 Å². The van der Waals surface area contributed by atoms with Crippen molar-refractivity contribution in [2.75, 3.05) is 12.0 Å².